The monoisotopic (exact) mass is 246 g/mol. The number of nitrogens with zero attached hydrogens (tertiary/aromatic N) is 1. The van der Waals surface area contributed by atoms with Gasteiger partial charge in [-0.05, 0) is 51.4 Å². The number of nitrogens with one attached hydrogen (secondary N) is 1. The van der Waals surface area contributed by atoms with Crippen LogP contribution in [-0.4, -0.2) is 25.0 Å². The van der Waals surface area contributed by atoms with Crippen LogP contribution in [0, 0.1) is 5.92 Å². The van der Waals surface area contributed by atoms with Gasteiger partial charge in [-0.1, -0.05) is 31.0 Å². The van der Waals surface area contributed by atoms with Gasteiger partial charge in [-0.25, -0.2) is 0 Å². The van der Waals surface area contributed by atoms with E-state index < -0.39 is 0 Å². The zero-order valence-corrected chi connectivity index (χ0v) is 11.9. The maximum absolute atomic E-state index is 3.73. The standard InChI is InChI=1S/C16H26N2/c1-13(14-8-4-5-9-14)17-16-11-7-6-10-15(16)12-18(2)3/h6-7,10-11,13-14,17H,4-5,8-9,12H2,1-3H3. The molecule has 1 aromatic carbocycles. The van der Waals surface area contributed by atoms with Gasteiger partial charge in [-0.3, -0.25) is 0 Å². The molecule has 2 rings (SSSR count). The molecule has 0 spiro atoms. The van der Waals surface area contributed by atoms with E-state index in [9.17, 15) is 0 Å². The fraction of sp³-hybridized carbons (Fsp3) is 0.625. The van der Waals surface area contributed by atoms with Crippen molar-refractivity contribution in [3.63, 3.8) is 0 Å². The summed E-state index contributed by atoms with van der Waals surface area (Å²) in [6.45, 7) is 3.34. The summed E-state index contributed by atoms with van der Waals surface area (Å²) in [6, 6.07) is 9.29. The van der Waals surface area contributed by atoms with E-state index in [1.165, 1.54) is 36.9 Å². The minimum absolute atomic E-state index is 0.593. The highest BCUT2D eigenvalue weighted by Crippen LogP contribution is 2.30. The summed E-state index contributed by atoms with van der Waals surface area (Å²) >= 11 is 0. The summed E-state index contributed by atoms with van der Waals surface area (Å²) in [4.78, 5) is 2.22. The molecule has 1 aromatic rings. The van der Waals surface area contributed by atoms with Crippen molar-refractivity contribution in [1.29, 1.82) is 0 Å². The van der Waals surface area contributed by atoms with Crippen molar-refractivity contribution in [2.45, 2.75) is 45.2 Å². The summed E-state index contributed by atoms with van der Waals surface area (Å²) in [5.74, 6) is 0.859. The molecule has 2 nitrogen and oxygen atoms in total. The number of hydrogen-bond acceptors (Lipinski definition) is 2. The summed E-state index contributed by atoms with van der Waals surface area (Å²) in [5, 5.41) is 3.73. The molecule has 1 unspecified atom stereocenters. The highest BCUT2D eigenvalue weighted by Gasteiger charge is 2.21. The van der Waals surface area contributed by atoms with E-state index >= 15 is 0 Å². The SMILES string of the molecule is CC(Nc1ccccc1CN(C)C)C1CCCC1. The molecule has 1 saturated carbocycles. The first-order valence-electron chi connectivity index (χ1n) is 7.16. The molecule has 18 heavy (non-hydrogen) atoms. The van der Waals surface area contributed by atoms with Gasteiger partial charge in [0, 0.05) is 18.3 Å². The molecule has 1 atom stereocenters. The molecule has 0 radical (unpaired) electrons. The average Bonchev–Trinajstić information content (AvgIpc) is 2.84. The van der Waals surface area contributed by atoms with Gasteiger partial charge in [0.25, 0.3) is 0 Å². The number of benzene rings is 1. The minimum Gasteiger partial charge on any atom is -0.382 e. The number of hydrogen-bond donors (Lipinski definition) is 1. The minimum atomic E-state index is 0.593. The van der Waals surface area contributed by atoms with E-state index in [1.807, 2.05) is 0 Å². The predicted molar refractivity (Wildman–Crippen MR) is 78.9 cm³/mol. The first kappa shape index (κ1) is 13.4. The van der Waals surface area contributed by atoms with Crippen molar-refractivity contribution in [3.05, 3.63) is 29.8 Å². The fourth-order valence-electron chi connectivity index (χ4n) is 2.96. The molecule has 0 saturated heterocycles. The topological polar surface area (TPSA) is 15.3 Å². The average molecular weight is 246 g/mol. The molecule has 100 valence electrons. The number of para-hydroxylation sites is 1. The lowest BCUT2D eigenvalue weighted by atomic mass is 9.99. The fourth-order valence-corrected chi connectivity index (χ4v) is 2.96. The second kappa shape index (κ2) is 6.24. The third-order valence-electron chi connectivity index (χ3n) is 3.99. The lowest BCUT2D eigenvalue weighted by molar-refractivity contribution is 0.402. The number of rotatable bonds is 5. The molecule has 1 aliphatic carbocycles. The number of anilines is 1. The van der Waals surface area contributed by atoms with Crippen LogP contribution in [0.15, 0.2) is 24.3 Å². The van der Waals surface area contributed by atoms with Gasteiger partial charge < -0.3 is 10.2 Å². The second-order valence-corrected chi connectivity index (χ2v) is 5.87. The van der Waals surface area contributed by atoms with Crippen LogP contribution < -0.4 is 5.32 Å². The quantitative estimate of drug-likeness (QED) is 0.851. The van der Waals surface area contributed by atoms with Crippen LogP contribution in [0.2, 0.25) is 0 Å². The highest BCUT2D eigenvalue weighted by atomic mass is 15.1. The van der Waals surface area contributed by atoms with Crippen molar-refractivity contribution in [3.8, 4) is 0 Å². The molecule has 1 fully saturated rings. The summed E-state index contributed by atoms with van der Waals surface area (Å²) in [5.41, 5.74) is 2.71. The van der Waals surface area contributed by atoms with Gasteiger partial charge >= 0.3 is 0 Å². The molecule has 0 aliphatic heterocycles. The molecule has 2 heteroatoms. The molecule has 0 heterocycles. The van der Waals surface area contributed by atoms with Crippen molar-refractivity contribution < 1.29 is 0 Å². The van der Waals surface area contributed by atoms with Gasteiger partial charge in [-0.2, -0.15) is 0 Å². The van der Waals surface area contributed by atoms with Crippen molar-refractivity contribution in [2.24, 2.45) is 5.92 Å². The van der Waals surface area contributed by atoms with E-state index in [-0.39, 0.29) is 0 Å². The summed E-state index contributed by atoms with van der Waals surface area (Å²) < 4.78 is 0. The Kier molecular flexibility index (Phi) is 4.65. The Morgan fingerprint density at radius 2 is 1.89 bits per heavy atom. The van der Waals surface area contributed by atoms with E-state index in [2.05, 4.69) is 55.5 Å². The molecular formula is C16H26N2. The lowest BCUT2D eigenvalue weighted by Gasteiger charge is -2.24. The van der Waals surface area contributed by atoms with Crippen molar-refractivity contribution >= 4 is 5.69 Å². The Balaban J connectivity index is 2.03. The summed E-state index contributed by atoms with van der Waals surface area (Å²) in [7, 11) is 4.24. The van der Waals surface area contributed by atoms with E-state index in [1.54, 1.807) is 0 Å². The zero-order chi connectivity index (χ0) is 13.0. The highest BCUT2D eigenvalue weighted by molar-refractivity contribution is 5.51. The smallest absolute Gasteiger partial charge is 0.0388 e. The van der Waals surface area contributed by atoms with Crippen LogP contribution in [0.1, 0.15) is 38.2 Å². The molecular weight excluding hydrogens is 220 g/mol. The van der Waals surface area contributed by atoms with Crippen LogP contribution in [0.25, 0.3) is 0 Å². The van der Waals surface area contributed by atoms with Crippen LogP contribution in [-0.2, 0) is 6.54 Å². The Bertz CT molecular complexity index is 367. The molecule has 0 amide bonds. The van der Waals surface area contributed by atoms with Gasteiger partial charge in [0.1, 0.15) is 0 Å². The van der Waals surface area contributed by atoms with Crippen LogP contribution in [0.3, 0.4) is 0 Å². The third kappa shape index (κ3) is 3.49. The normalized spacial score (nSPS) is 18.2. The van der Waals surface area contributed by atoms with E-state index in [4.69, 9.17) is 0 Å². The van der Waals surface area contributed by atoms with Gasteiger partial charge in [0.2, 0.25) is 0 Å². The summed E-state index contributed by atoms with van der Waals surface area (Å²) in [6.07, 6.45) is 5.61. The van der Waals surface area contributed by atoms with Crippen LogP contribution in [0.5, 0.6) is 0 Å². The lowest BCUT2D eigenvalue weighted by Crippen LogP contribution is -2.25. The van der Waals surface area contributed by atoms with Gasteiger partial charge in [-0.15, -0.1) is 0 Å². The molecule has 1 N–H and O–H groups in total. The largest absolute Gasteiger partial charge is 0.382 e. The van der Waals surface area contributed by atoms with Gasteiger partial charge in [0.05, 0.1) is 0 Å². The molecule has 0 bridgehead atoms. The van der Waals surface area contributed by atoms with Crippen molar-refractivity contribution in [2.75, 3.05) is 19.4 Å². The Morgan fingerprint density at radius 1 is 1.22 bits per heavy atom. The van der Waals surface area contributed by atoms with Crippen molar-refractivity contribution in [1.82, 2.24) is 4.90 Å². The van der Waals surface area contributed by atoms with Gasteiger partial charge in [0.15, 0.2) is 0 Å². The van der Waals surface area contributed by atoms with E-state index in [0.717, 1.165) is 12.5 Å². The zero-order valence-electron chi connectivity index (χ0n) is 11.9. The third-order valence-corrected chi connectivity index (χ3v) is 3.99. The maximum Gasteiger partial charge on any atom is 0.0388 e. The second-order valence-electron chi connectivity index (χ2n) is 5.87. The first-order valence-corrected chi connectivity index (χ1v) is 7.16. The molecule has 1 aliphatic rings. The Hall–Kier alpha value is -1.02. The first-order chi connectivity index (χ1) is 8.66. The predicted octanol–water partition coefficient (Wildman–Crippen LogP) is 3.74. The Labute approximate surface area is 111 Å². The van der Waals surface area contributed by atoms with Crippen LogP contribution >= 0.6 is 0 Å². The molecule has 0 aromatic heterocycles. The Morgan fingerprint density at radius 3 is 2.56 bits per heavy atom. The van der Waals surface area contributed by atoms with E-state index in [0.29, 0.717) is 6.04 Å². The maximum atomic E-state index is 3.73. The van der Waals surface area contributed by atoms with Crippen LogP contribution in [0.4, 0.5) is 5.69 Å².